The van der Waals surface area contributed by atoms with Gasteiger partial charge >= 0.3 is 0 Å². The number of halogens is 1. The largest absolute Gasteiger partial charge is 0.362 e. The Labute approximate surface area is 129 Å². The van der Waals surface area contributed by atoms with Crippen LogP contribution < -0.4 is 10.2 Å². The predicted octanol–water partition coefficient (Wildman–Crippen LogP) is 4.70. The minimum absolute atomic E-state index is 0.709. The van der Waals surface area contributed by atoms with Crippen LogP contribution in [0.5, 0.6) is 0 Å². The van der Waals surface area contributed by atoms with Crippen molar-refractivity contribution in [1.82, 2.24) is 4.98 Å². The Bertz CT molecular complexity index is 770. The lowest BCUT2D eigenvalue weighted by atomic mass is 10.1. The molecule has 3 aromatic rings. The van der Waals surface area contributed by atoms with Crippen molar-refractivity contribution in [3.8, 4) is 0 Å². The van der Waals surface area contributed by atoms with Gasteiger partial charge in [0.1, 0.15) is 5.82 Å². The van der Waals surface area contributed by atoms with Crippen molar-refractivity contribution in [1.29, 1.82) is 0 Å². The van der Waals surface area contributed by atoms with E-state index in [9.17, 15) is 0 Å². The lowest BCUT2D eigenvalue weighted by molar-refractivity contribution is 1.08. The molecule has 0 unspecified atom stereocenters. The van der Waals surface area contributed by atoms with Gasteiger partial charge in [-0.2, -0.15) is 0 Å². The number of aromatic nitrogens is 1. The fraction of sp³-hybridized carbons (Fsp3) is 0.118. The molecule has 3 nitrogen and oxygen atoms in total. The quantitative estimate of drug-likeness (QED) is 0.759. The van der Waals surface area contributed by atoms with Crippen LogP contribution in [-0.4, -0.2) is 19.1 Å². The van der Waals surface area contributed by atoms with Gasteiger partial charge in [-0.05, 0) is 18.2 Å². The second-order valence-electron chi connectivity index (χ2n) is 5.04. The van der Waals surface area contributed by atoms with E-state index < -0.39 is 0 Å². The highest BCUT2D eigenvalue weighted by molar-refractivity contribution is 6.37. The van der Waals surface area contributed by atoms with E-state index >= 15 is 0 Å². The molecule has 2 aromatic carbocycles. The summed E-state index contributed by atoms with van der Waals surface area (Å²) < 4.78 is 0. The number of fused-ring (bicyclic) bond motifs is 1. The van der Waals surface area contributed by atoms with Gasteiger partial charge in [-0.15, -0.1) is 0 Å². The second kappa shape index (κ2) is 5.62. The minimum atomic E-state index is 0.709. The molecule has 0 radical (unpaired) electrons. The van der Waals surface area contributed by atoms with E-state index in [0.29, 0.717) is 5.02 Å². The number of nitrogens with zero attached hydrogens (tertiary/aromatic N) is 2. The van der Waals surface area contributed by atoms with Gasteiger partial charge in [0, 0.05) is 30.6 Å². The highest BCUT2D eigenvalue weighted by Crippen LogP contribution is 2.35. The standard InChI is InChI=1S/C17H16ClN3/c1-21(2)17-16-13(9-6-10-14(16)18)15(11-19-17)20-12-7-4-3-5-8-12/h3-11,20H,1-2H3. The molecule has 1 heterocycles. The number of anilines is 3. The molecule has 21 heavy (non-hydrogen) atoms. The SMILES string of the molecule is CN(C)c1ncc(Nc2ccccc2)c2cccc(Cl)c12. The maximum Gasteiger partial charge on any atom is 0.137 e. The number of hydrogen-bond acceptors (Lipinski definition) is 3. The van der Waals surface area contributed by atoms with E-state index in [1.54, 1.807) is 0 Å². The van der Waals surface area contributed by atoms with Crippen LogP contribution in [0, 0.1) is 0 Å². The highest BCUT2D eigenvalue weighted by Gasteiger charge is 2.12. The van der Waals surface area contributed by atoms with Crippen molar-refractivity contribution >= 4 is 39.6 Å². The number of pyridine rings is 1. The van der Waals surface area contributed by atoms with Gasteiger partial charge in [-0.25, -0.2) is 4.98 Å². The molecule has 3 rings (SSSR count). The van der Waals surface area contributed by atoms with E-state index in [1.165, 1.54) is 0 Å². The van der Waals surface area contributed by atoms with Gasteiger partial charge in [0.2, 0.25) is 0 Å². The Morgan fingerprint density at radius 1 is 1.00 bits per heavy atom. The summed E-state index contributed by atoms with van der Waals surface area (Å²) in [4.78, 5) is 6.52. The van der Waals surface area contributed by atoms with E-state index in [1.807, 2.05) is 67.7 Å². The molecule has 0 aliphatic heterocycles. The van der Waals surface area contributed by atoms with Crippen LogP contribution in [0.4, 0.5) is 17.2 Å². The van der Waals surface area contributed by atoms with Crippen LogP contribution in [0.15, 0.2) is 54.7 Å². The summed E-state index contributed by atoms with van der Waals surface area (Å²) in [7, 11) is 3.94. The Balaban J connectivity index is 2.17. The highest BCUT2D eigenvalue weighted by atomic mass is 35.5. The van der Waals surface area contributed by atoms with Gasteiger partial charge in [-0.3, -0.25) is 0 Å². The maximum absolute atomic E-state index is 6.39. The smallest absolute Gasteiger partial charge is 0.137 e. The number of benzene rings is 2. The van der Waals surface area contributed by atoms with Crippen LogP contribution in [0.25, 0.3) is 10.8 Å². The molecule has 0 saturated carbocycles. The predicted molar refractivity (Wildman–Crippen MR) is 90.8 cm³/mol. The van der Waals surface area contributed by atoms with Crippen LogP contribution in [0.1, 0.15) is 0 Å². The van der Waals surface area contributed by atoms with Gasteiger partial charge < -0.3 is 10.2 Å². The molecule has 0 aliphatic rings. The summed E-state index contributed by atoms with van der Waals surface area (Å²) in [5.41, 5.74) is 1.97. The maximum atomic E-state index is 6.39. The normalized spacial score (nSPS) is 10.6. The first-order chi connectivity index (χ1) is 10.2. The molecule has 0 aliphatic carbocycles. The summed E-state index contributed by atoms with van der Waals surface area (Å²) in [6, 6.07) is 15.9. The lowest BCUT2D eigenvalue weighted by Gasteiger charge is -2.17. The zero-order valence-electron chi connectivity index (χ0n) is 12.0. The fourth-order valence-corrected chi connectivity index (χ4v) is 2.61. The average Bonchev–Trinajstić information content (AvgIpc) is 2.49. The summed E-state index contributed by atoms with van der Waals surface area (Å²) in [5, 5.41) is 6.13. The third-order valence-electron chi connectivity index (χ3n) is 3.32. The first-order valence-corrected chi connectivity index (χ1v) is 7.11. The van der Waals surface area contributed by atoms with E-state index in [-0.39, 0.29) is 0 Å². The minimum Gasteiger partial charge on any atom is -0.362 e. The van der Waals surface area contributed by atoms with Crippen LogP contribution >= 0.6 is 11.6 Å². The van der Waals surface area contributed by atoms with Gasteiger partial charge in [-0.1, -0.05) is 41.9 Å². The molecule has 0 saturated heterocycles. The lowest BCUT2D eigenvalue weighted by Crippen LogP contribution is -2.11. The zero-order chi connectivity index (χ0) is 14.8. The molecule has 1 N–H and O–H groups in total. The molecular weight excluding hydrogens is 282 g/mol. The van der Waals surface area contributed by atoms with E-state index in [4.69, 9.17) is 11.6 Å². The first-order valence-electron chi connectivity index (χ1n) is 6.73. The molecule has 106 valence electrons. The van der Waals surface area contributed by atoms with Crippen molar-refractivity contribution < 1.29 is 0 Å². The Morgan fingerprint density at radius 3 is 2.48 bits per heavy atom. The Morgan fingerprint density at radius 2 is 1.76 bits per heavy atom. The summed E-state index contributed by atoms with van der Waals surface area (Å²) in [6.45, 7) is 0. The van der Waals surface area contributed by atoms with Crippen LogP contribution in [0.2, 0.25) is 5.02 Å². The van der Waals surface area contributed by atoms with Gasteiger partial charge in [0.05, 0.1) is 16.9 Å². The molecule has 0 atom stereocenters. The number of para-hydroxylation sites is 1. The summed E-state index contributed by atoms with van der Waals surface area (Å²) in [5.74, 6) is 0.870. The molecular formula is C17H16ClN3. The number of rotatable bonds is 3. The van der Waals surface area contributed by atoms with Crippen molar-refractivity contribution in [3.05, 3.63) is 59.8 Å². The molecule has 0 spiro atoms. The topological polar surface area (TPSA) is 28.2 Å². The Hall–Kier alpha value is -2.26. The second-order valence-corrected chi connectivity index (χ2v) is 5.45. The number of hydrogen-bond donors (Lipinski definition) is 1. The van der Waals surface area contributed by atoms with Crippen molar-refractivity contribution in [2.75, 3.05) is 24.3 Å². The third kappa shape index (κ3) is 2.65. The molecule has 1 aromatic heterocycles. The zero-order valence-corrected chi connectivity index (χ0v) is 12.7. The van der Waals surface area contributed by atoms with Crippen LogP contribution in [0.3, 0.4) is 0 Å². The first kappa shape index (κ1) is 13.7. The summed E-state index contributed by atoms with van der Waals surface area (Å²) in [6.07, 6.45) is 1.85. The third-order valence-corrected chi connectivity index (χ3v) is 3.63. The molecule has 0 bridgehead atoms. The fourth-order valence-electron chi connectivity index (χ4n) is 2.35. The van der Waals surface area contributed by atoms with Crippen molar-refractivity contribution in [2.24, 2.45) is 0 Å². The van der Waals surface area contributed by atoms with Gasteiger partial charge in [0.25, 0.3) is 0 Å². The van der Waals surface area contributed by atoms with E-state index in [0.717, 1.165) is 28.0 Å². The van der Waals surface area contributed by atoms with Crippen molar-refractivity contribution in [2.45, 2.75) is 0 Å². The number of nitrogens with one attached hydrogen (secondary N) is 1. The van der Waals surface area contributed by atoms with E-state index in [2.05, 4.69) is 16.4 Å². The van der Waals surface area contributed by atoms with Crippen molar-refractivity contribution in [3.63, 3.8) is 0 Å². The monoisotopic (exact) mass is 297 g/mol. The molecule has 4 heteroatoms. The average molecular weight is 298 g/mol. The van der Waals surface area contributed by atoms with Gasteiger partial charge in [0.15, 0.2) is 0 Å². The summed E-state index contributed by atoms with van der Waals surface area (Å²) >= 11 is 6.39. The Kier molecular flexibility index (Phi) is 3.67. The van der Waals surface area contributed by atoms with Crippen LogP contribution in [-0.2, 0) is 0 Å². The molecule has 0 fully saturated rings. The molecule has 0 amide bonds.